The van der Waals surface area contributed by atoms with Gasteiger partial charge in [0.1, 0.15) is 5.75 Å². The molecular weight excluding hydrogens is 463 g/mol. The van der Waals surface area contributed by atoms with Crippen LogP contribution in [0.5, 0.6) is 5.75 Å². The first-order valence-corrected chi connectivity index (χ1v) is 9.17. The van der Waals surface area contributed by atoms with Crippen molar-refractivity contribution in [1.82, 2.24) is 15.2 Å². The molecule has 0 unspecified atom stereocenters. The Kier molecular flexibility index (Phi) is 8.50. The van der Waals surface area contributed by atoms with E-state index in [0.717, 1.165) is 34.9 Å². The number of benzene rings is 2. The first-order chi connectivity index (χ1) is 13.2. The zero-order valence-corrected chi connectivity index (χ0v) is 18.9. The third-order valence-corrected chi connectivity index (χ3v) is 4.43. The predicted octanol–water partition coefficient (Wildman–Crippen LogP) is 4.46. The van der Waals surface area contributed by atoms with Gasteiger partial charge in [-0.25, -0.2) is 4.99 Å². The van der Waals surface area contributed by atoms with Crippen molar-refractivity contribution in [2.45, 2.75) is 20.0 Å². The number of halogens is 1. The Morgan fingerprint density at radius 3 is 2.64 bits per heavy atom. The molecule has 5 nitrogen and oxygen atoms in total. The monoisotopic (exact) mass is 490 g/mol. The molecule has 0 fully saturated rings. The summed E-state index contributed by atoms with van der Waals surface area (Å²) >= 11 is 0. The highest BCUT2D eigenvalue weighted by Gasteiger charge is 2.10. The number of aliphatic imine (C=N–C) groups is 1. The van der Waals surface area contributed by atoms with Crippen molar-refractivity contribution in [3.8, 4) is 5.75 Å². The van der Waals surface area contributed by atoms with Gasteiger partial charge in [-0.05, 0) is 24.4 Å². The molecular formula is C22H27IN4O. The van der Waals surface area contributed by atoms with E-state index in [9.17, 15) is 0 Å². The molecule has 28 heavy (non-hydrogen) atoms. The lowest BCUT2D eigenvalue weighted by Gasteiger charge is -2.23. The molecule has 0 aliphatic heterocycles. The molecule has 6 heteroatoms. The Bertz CT molecular complexity index is 924. The van der Waals surface area contributed by atoms with Crippen molar-refractivity contribution in [3.63, 3.8) is 0 Å². The van der Waals surface area contributed by atoms with Crippen molar-refractivity contribution in [2.24, 2.45) is 4.99 Å². The van der Waals surface area contributed by atoms with Gasteiger partial charge in [0, 0.05) is 37.3 Å². The van der Waals surface area contributed by atoms with Gasteiger partial charge in [-0.2, -0.15) is 0 Å². The molecule has 1 aromatic heterocycles. The van der Waals surface area contributed by atoms with Gasteiger partial charge in [0.05, 0.1) is 19.3 Å². The summed E-state index contributed by atoms with van der Waals surface area (Å²) in [5, 5.41) is 5.70. The fourth-order valence-corrected chi connectivity index (χ4v) is 3.09. The summed E-state index contributed by atoms with van der Waals surface area (Å²) in [5.74, 6) is 1.73. The Hall–Kier alpha value is -2.35. The quantitative estimate of drug-likeness (QED) is 0.315. The van der Waals surface area contributed by atoms with Crippen molar-refractivity contribution in [2.75, 3.05) is 20.7 Å². The van der Waals surface area contributed by atoms with Crippen LogP contribution in [0.3, 0.4) is 0 Å². The molecule has 0 spiro atoms. The number of hydrogen-bond donors (Lipinski definition) is 1. The van der Waals surface area contributed by atoms with Gasteiger partial charge in [0.25, 0.3) is 0 Å². The molecule has 0 atom stereocenters. The number of nitrogens with zero attached hydrogens (tertiary/aromatic N) is 3. The van der Waals surface area contributed by atoms with Gasteiger partial charge in [0.15, 0.2) is 5.96 Å². The largest absolute Gasteiger partial charge is 0.496 e. The van der Waals surface area contributed by atoms with Crippen LogP contribution in [0.15, 0.2) is 65.8 Å². The van der Waals surface area contributed by atoms with E-state index in [2.05, 4.69) is 40.3 Å². The Morgan fingerprint density at radius 1 is 1.11 bits per heavy atom. The van der Waals surface area contributed by atoms with Gasteiger partial charge in [-0.15, -0.1) is 24.0 Å². The maximum absolute atomic E-state index is 5.47. The van der Waals surface area contributed by atoms with Crippen LogP contribution in [-0.4, -0.2) is 36.5 Å². The summed E-state index contributed by atoms with van der Waals surface area (Å²) in [6.45, 7) is 4.11. The second-order valence-electron chi connectivity index (χ2n) is 6.32. The molecule has 0 saturated carbocycles. The third-order valence-electron chi connectivity index (χ3n) is 4.43. The van der Waals surface area contributed by atoms with E-state index in [0.29, 0.717) is 13.1 Å². The Labute approximate surface area is 183 Å². The lowest BCUT2D eigenvalue weighted by Crippen LogP contribution is -2.38. The average molecular weight is 490 g/mol. The van der Waals surface area contributed by atoms with Crippen LogP contribution in [0, 0.1) is 0 Å². The van der Waals surface area contributed by atoms with Crippen LogP contribution in [0.2, 0.25) is 0 Å². The number of aromatic nitrogens is 1. The van der Waals surface area contributed by atoms with Crippen LogP contribution in [-0.2, 0) is 13.1 Å². The van der Waals surface area contributed by atoms with E-state index < -0.39 is 0 Å². The zero-order valence-electron chi connectivity index (χ0n) is 16.6. The number of fused-ring (bicyclic) bond motifs is 1. The van der Waals surface area contributed by atoms with E-state index >= 15 is 0 Å². The first-order valence-electron chi connectivity index (χ1n) is 9.17. The van der Waals surface area contributed by atoms with Crippen molar-refractivity contribution in [3.05, 3.63) is 72.1 Å². The molecule has 1 heterocycles. The molecule has 3 rings (SSSR count). The normalized spacial score (nSPS) is 11.0. The minimum absolute atomic E-state index is 0. The smallest absolute Gasteiger partial charge is 0.194 e. The highest BCUT2D eigenvalue weighted by molar-refractivity contribution is 14.0. The second kappa shape index (κ2) is 10.8. The fraction of sp³-hybridized carbons (Fsp3) is 0.273. The van der Waals surface area contributed by atoms with Crippen LogP contribution in [0.25, 0.3) is 10.8 Å². The molecule has 0 bridgehead atoms. The Balaban J connectivity index is 0.00000280. The number of pyridine rings is 1. The lowest BCUT2D eigenvalue weighted by atomic mass is 10.1. The lowest BCUT2D eigenvalue weighted by molar-refractivity contribution is 0.396. The number of rotatable bonds is 6. The average Bonchev–Trinajstić information content (AvgIpc) is 2.71. The molecule has 148 valence electrons. The molecule has 0 radical (unpaired) electrons. The van der Waals surface area contributed by atoms with Gasteiger partial charge in [-0.3, -0.25) is 4.98 Å². The van der Waals surface area contributed by atoms with Gasteiger partial charge < -0.3 is 15.0 Å². The van der Waals surface area contributed by atoms with Gasteiger partial charge >= 0.3 is 0 Å². The number of nitrogens with one attached hydrogen (secondary N) is 1. The number of methoxy groups -OCH3 is 1. The summed E-state index contributed by atoms with van der Waals surface area (Å²) in [4.78, 5) is 11.5. The fourth-order valence-electron chi connectivity index (χ4n) is 3.09. The molecule has 0 saturated heterocycles. The molecule has 0 aliphatic carbocycles. The highest BCUT2D eigenvalue weighted by Crippen LogP contribution is 2.19. The van der Waals surface area contributed by atoms with Crippen molar-refractivity contribution in [1.29, 1.82) is 0 Å². The SMILES string of the molecule is CCNC(=NCc1nccc2ccccc12)N(C)Cc1ccccc1OC.I. The standard InChI is InChI=1S/C22H26N4O.HI/c1-4-23-22(26(2)16-18-10-6-8-12-21(18)27-3)25-15-20-19-11-7-5-9-17(19)13-14-24-20;/h5-14H,4,15-16H2,1-3H3,(H,23,25);1H. The zero-order chi connectivity index (χ0) is 19.1. The number of ether oxygens (including phenoxy) is 1. The highest BCUT2D eigenvalue weighted by atomic mass is 127. The molecule has 3 aromatic rings. The van der Waals surface area contributed by atoms with E-state index in [1.807, 2.05) is 49.6 Å². The van der Waals surface area contributed by atoms with Gasteiger partial charge in [0.2, 0.25) is 0 Å². The minimum atomic E-state index is 0. The van der Waals surface area contributed by atoms with E-state index in [-0.39, 0.29) is 24.0 Å². The van der Waals surface area contributed by atoms with Crippen LogP contribution >= 0.6 is 24.0 Å². The van der Waals surface area contributed by atoms with Crippen LogP contribution in [0.1, 0.15) is 18.2 Å². The number of hydrogen-bond acceptors (Lipinski definition) is 3. The predicted molar refractivity (Wildman–Crippen MR) is 126 cm³/mol. The summed E-state index contributed by atoms with van der Waals surface area (Å²) in [5.41, 5.74) is 2.10. The van der Waals surface area contributed by atoms with E-state index in [4.69, 9.17) is 9.73 Å². The summed E-state index contributed by atoms with van der Waals surface area (Å²) < 4.78 is 5.47. The maximum atomic E-state index is 5.47. The first kappa shape index (κ1) is 21.9. The number of guanidine groups is 1. The van der Waals surface area contributed by atoms with Crippen molar-refractivity contribution < 1.29 is 4.74 Å². The second-order valence-corrected chi connectivity index (χ2v) is 6.32. The Morgan fingerprint density at radius 2 is 1.86 bits per heavy atom. The summed E-state index contributed by atoms with van der Waals surface area (Å²) in [7, 11) is 3.73. The van der Waals surface area contributed by atoms with Gasteiger partial charge in [-0.1, -0.05) is 42.5 Å². The van der Waals surface area contributed by atoms with Crippen molar-refractivity contribution >= 4 is 40.7 Å². The third kappa shape index (κ3) is 5.34. The van der Waals surface area contributed by atoms with Crippen LogP contribution < -0.4 is 10.1 Å². The van der Waals surface area contributed by atoms with E-state index in [1.54, 1.807) is 7.11 Å². The topological polar surface area (TPSA) is 49.8 Å². The number of para-hydroxylation sites is 1. The maximum Gasteiger partial charge on any atom is 0.194 e. The minimum Gasteiger partial charge on any atom is -0.496 e. The van der Waals surface area contributed by atoms with Crippen LogP contribution in [0.4, 0.5) is 0 Å². The van der Waals surface area contributed by atoms with E-state index in [1.165, 1.54) is 5.39 Å². The summed E-state index contributed by atoms with van der Waals surface area (Å²) in [6.07, 6.45) is 1.85. The molecule has 1 N–H and O–H groups in total. The summed E-state index contributed by atoms with van der Waals surface area (Å²) in [6, 6.07) is 18.4. The molecule has 0 aliphatic rings. The molecule has 2 aromatic carbocycles. The molecule has 0 amide bonds.